The van der Waals surface area contributed by atoms with E-state index >= 15 is 0 Å². The van der Waals surface area contributed by atoms with E-state index in [4.69, 9.17) is 4.74 Å². The average molecular weight is 338 g/mol. The van der Waals surface area contributed by atoms with Crippen molar-refractivity contribution in [2.24, 2.45) is 11.3 Å². The third kappa shape index (κ3) is 3.56. The quantitative estimate of drug-likeness (QED) is 0.630. The summed E-state index contributed by atoms with van der Waals surface area (Å²) in [5.41, 5.74) is -0.818. The monoisotopic (exact) mass is 338 g/mol. The second-order valence-corrected chi connectivity index (χ2v) is 8.33. The third-order valence-corrected chi connectivity index (χ3v) is 6.15. The molecule has 1 aliphatic heterocycles. The maximum Gasteiger partial charge on any atom is 0.320 e. The molecule has 23 heavy (non-hydrogen) atoms. The van der Waals surface area contributed by atoms with Gasteiger partial charge in [0.2, 0.25) is 0 Å². The molecule has 3 unspecified atom stereocenters. The summed E-state index contributed by atoms with van der Waals surface area (Å²) >= 11 is 1.47. The van der Waals surface area contributed by atoms with Crippen LogP contribution in [0.3, 0.4) is 0 Å². The molecule has 4 nitrogen and oxygen atoms in total. The summed E-state index contributed by atoms with van der Waals surface area (Å²) < 4.78 is 5.30. The summed E-state index contributed by atoms with van der Waals surface area (Å²) in [6.45, 7) is 7.76. The normalized spacial score (nSPS) is 33.8. The second-order valence-electron chi connectivity index (χ2n) is 7.22. The van der Waals surface area contributed by atoms with Gasteiger partial charge < -0.3 is 9.84 Å². The summed E-state index contributed by atoms with van der Waals surface area (Å²) in [5, 5.41) is 13.0. The summed E-state index contributed by atoms with van der Waals surface area (Å²) in [7, 11) is 0. The fourth-order valence-corrected chi connectivity index (χ4v) is 4.63. The average Bonchev–Trinajstić information content (AvgIpc) is 2.97. The SMILES string of the molecule is C/C(=C/COC(=O)C1CC=CS1)C1(O)C(C)CC(=O)CC1(C)C. The number of ketones is 1. The zero-order chi connectivity index (χ0) is 17.3. The molecule has 0 radical (unpaired) electrons. The number of rotatable bonds is 4. The van der Waals surface area contributed by atoms with Crippen LogP contribution in [-0.2, 0) is 14.3 Å². The van der Waals surface area contributed by atoms with Crippen molar-refractivity contribution in [3.05, 3.63) is 23.1 Å². The van der Waals surface area contributed by atoms with Gasteiger partial charge in [0.25, 0.3) is 0 Å². The van der Waals surface area contributed by atoms with Crippen LogP contribution in [0.5, 0.6) is 0 Å². The van der Waals surface area contributed by atoms with E-state index in [0.717, 1.165) is 5.57 Å². The van der Waals surface area contributed by atoms with E-state index in [0.29, 0.717) is 19.3 Å². The van der Waals surface area contributed by atoms with Gasteiger partial charge in [0.15, 0.2) is 0 Å². The Morgan fingerprint density at radius 3 is 2.78 bits per heavy atom. The van der Waals surface area contributed by atoms with Gasteiger partial charge in [-0.05, 0) is 36.3 Å². The minimum absolute atomic E-state index is 0.144. The van der Waals surface area contributed by atoms with E-state index in [1.807, 2.05) is 39.2 Å². The van der Waals surface area contributed by atoms with Crippen molar-refractivity contribution in [3.8, 4) is 0 Å². The molecule has 0 amide bonds. The topological polar surface area (TPSA) is 63.6 Å². The van der Waals surface area contributed by atoms with Gasteiger partial charge in [0.1, 0.15) is 17.6 Å². The Bertz CT molecular complexity index is 541. The summed E-state index contributed by atoms with van der Waals surface area (Å²) in [5.74, 6) is -0.181. The Kier molecular flexibility index (Phi) is 5.41. The standard InChI is InChI=1S/C18H26O4S/c1-12(7-8-22-16(20)15-6-5-9-23-15)18(21)13(2)10-14(19)11-17(18,3)4/h5,7,9,13,15,21H,6,8,10-11H2,1-4H3/b12-7-. The molecular formula is C18H26O4S. The van der Waals surface area contributed by atoms with Gasteiger partial charge in [-0.15, -0.1) is 11.8 Å². The maximum atomic E-state index is 11.9. The highest BCUT2D eigenvalue weighted by Crippen LogP contribution is 2.49. The highest BCUT2D eigenvalue weighted by atomic mass is 32.2. The smallest absolute Gasteiger partial charge is 0.320 e. The summed E-state index contributed by atoms with van der Waals surface area (Å²) in [6.07, 6.45) is 5.20. The lowest BCUT2D eigenvalue weighted by atomic mass is 9.58. The molecule has 0 aromatic heterocycles. The van der Waals surface area contributed by atoms with Crippen LogP contribution in [-0.4, -0.2) is 34.3 Å². The number of thioether (sulfide) groups is 1. The Hall–Kier alpha value is -1.07. The van der Waals surface area contributed by atoms with Crippen molar-refractivity contribution in [3.63, 3.8) is 0 Å². The van der Waals surface area contributed by atoms with E-state index < -0.39 is 11.0 Å². The van der Waals surface area contributed by atoms with Crippen molar-refractivity contribution < 1.29 is 19.4 Å². The first-order valence-corrected chi connectivity index (χ1v) is 9.01. The molecule has 5 heteroatoms. The molecule has 2 rings (SSSR count). The lowest BCUT2D eigenvalue weighted by Crippen LogP contribution is -2.55. The minimum atomic E-state index is -1.06. The first-order chi connectivity index (χ1) is 10.7. The number of esters is 1. The molecule has 1 heterocycles. The molecule has 1 fully saturated rings. The van der Waals surface area contributed by atoms with Crippen LogP contribution >= 0.6 is 11.8 Å². The number of aliphatic hydroxyl groups is 1. The Labute approximate surface area is 142 Å². The fourth-order valence-electron chi connectivity index (χ4n) is 3.81. The van der Waals surface area contributed by atoms with E-state index in [1.165, 1.54) is 11.8 Å². The van der Waals surface area contributed by atoms with Gasteiger partial charge >= 0.3 is 5.97 Å². The van der Waals surface area contributed by atoms with Crippen LogP contribution in [0, 0.1) is 11.3 Å². The first-order valence-electron chi connectivity index (χ1n) is 8.07. The van der Waals surface area contributed by atoms with E-state index in [9.17, 15) is 14.7 Å². The number of carbonyl (C=O) groups excluding carboxylic acids is 2. The van der Waals surface area contributed by atoms with Gasteiger partial charge in [-0.2, -0.15) is 0 Å². The Morgan fingerprint density at radius 2 is 2.22 bits per heavy atom. The second kappa shape index (κ2) is 6.81. The van der Waals surface area contributed by atoms with Crippen molar-refractivity contribution in [1.29, 1.82) is 0 Å². The van der Waals surface area contributed by atoms with Crippen LogP contribution in [0.1, 0.15) is 47.0 Å². The molecule has 128 valence electrons. The predicted octanol–water partition coefficient (Wildman–Crippen LogP) is 3.25. The molecule has 1 saturated carbocycles. The number of allylic oxidation sites excluding steroid dienone is 1. The number of hydrogen-bond donors (Lipinski definition) is 1. The van der Waals surface area contributed by atoms with Crippen molar-refractivity contribution in [2.75, 3.05) is 6.61 Å². The third-order valence-electron chi connectivity index (χ3n) is 5.09. The van der Waals surface area contributed by atoms with Gasteiger partial charge in [0.05, 0.1) is 5.60 Å². The van der Waals surface area contributed by atoms with Crippen molar-refractivity contribution >= 4 is 23.5 Å². The summed E-state index contributed by atoms with van der Waals surface area (Å²) in [4.78, 5) is 23.7. The highest BCUT2D eigenvalue weighted by molar-refractivity contribution is 8.03. The molecule has 0 saturated heterocycles. The largest absolute Gasteiger partial charge is 0.461 e. The molecule has 1 aliphatic carbocycles. The van der Waals surface area contributed by atoms with Crippen molar-refractivity contribution in [2.45, 2.75) is 57.8 Å². The highest BCUT2D eigenvalue weighted by Gasteiger charge is 2.53. The van der Waals surface area contributed by atoms with Crippen LogP contribution in [0.2, 0.25) is 0 Å². The van der Waals surface area contributed by atoms with Gasteiger partial charge in [0, 0.05) is 18.3 Å². The molecule has 0 spiro atoms. The zero-order valence-corrected chi connectivity index (χ0v) is 15.1. The number of hydrogen-bond acceptors (Lipinski definition) is 5. The molecule has 3 atom stereocenters. The molecule has 0 aromatic rings. The Balaban J connectivity index is 2.03. The van der Waals surface area contributed by atoms with E-state index in [1.54, 1.807) is 6.08 Å². The fraction of sp³-hybridized carbons (Fsp3) is 0.667. The summed E-state index contributed by atoms with van der Waals surface area (Å²) in [6, 6.07) is 0. The zero-order valence-electron chi connectivity index (χ0n) is 14.3. The molecule has 0 aromatic carbocycles. The van der Waals surface area contributed by atoms with Crippen molar-refractivity contribution in [1.82, 2.24) is 0 Å². The lowest BCUT2D eigenvalue weighted by molar-refractivity contribution is -0.145. The molecule has 0 bridgehead atoms. The van der Waals surface area contributed by atoms with E-state index in [2.05, 4.69) is 0 Å². The van der Waals surface area contributed by atoms with Crippen LogP contribution in [0.4, 0.5) is 0 Å². The number of carbonyl (C=O) groups is 2. The van der Waals surface area contributed by atoms with Gasteiger partial charge in [-0.1, -0.05) is 26.8 Å². The number of ether oxygens (including phenoxy) is 1. The van der Waals surface area contributed by atoms with Gasteiger partial charge in [-0.3, -0.25) is 9.59 Å². The van der Waals surface area contributed by atoms with Crippen LogP contribution in [0.25, 0.3) is 0 Å². The van der Waals surface area contributed by atoms with Crippen LogP contribution in [0.15, 0.2) is 23.1 Å². The minimum Gasteiger partial charge on any atom is -0.461 e. The number of Topliss-reactive ketones (excluding diaryl/α,β-unsaturated/α-hetero) is 1. The predicted molar refractivity (Wildman–Crippen MR) is 92.0 cm³/mol. The van der Waals surface area contributed by atoms with E-state index in [-0.39, 0.29) is 29.5 Å². The Morgan fingerprint density at radius 1 is 1.52 bits per heavy atom. The molecule has 1 N–H and O–H groups in total. The van der Waals surface area contributed by atoms with Crippen LogP contribution < -0.4 is 0 Å². The van der Waals surface area contributed by atoms with Gasteiger partial charge in [-0.25, -0.2) is 0 Å². The first kappa shape index (κ1) is 18.3. The molecule has 2 aliphatic rings. The lowest BCUT2D eigenvalue weighted by Gasteiger charge is -2.50. The maximum absolute atomic E-state index is 11.9. The molecular weight excluding hydrogens is 312 g/mol.